The van der Waals surface area contributed by atoms with Gasteiger partial charge in [-0.25, -0.2) is 4.79 Å². The lowest BCUT2D eigenvalue weighted by Gasteiger charge is -2.09. The molecule has 0 radical (unpaired) electrons. The highest BCUT2D eigenvalue weighted by molar-refractivity contribution is 6.04. The number of nitrogens with zero attached hydrogens (tertiary/aromatic N) is 1. The van der Waals surface area contributed by atoms with Crippen LogP contribution >= 0.6 is 0 Å². The van der Waals surface area contributed by atoms with Crippen LogP contribution in [0.25, 0.3) is 0 Å². The van der Waals surface area contributed by atoms with Crippen molar-refractivity contribution in [3.63, 3.8) is 0 Å². The van der Waals surface area contributed by atoms with E-state index in [4.69, 9.17) is 4.74 Å². The van der Waals surface area contributed by atoms with Gasteiger partial charge in [-0.2, -0.15) is 0 Å². The zero-order valence-corrected chi connectivity index (χ0v) is 15.7. The topological polar surface area (TPSA) is 80.3 Å². The fourth-order valence-corrected chi connectivity index (χ4v) is 2.61. The maximum absolute atomic E-state index is 12.5. The van der Waals surface area contributed by atoms with Gasteiger partial charge in [-0.05, 0) is 42.8 Å². The summed E-state index contributed by atoms with van der Waals surface area (Å²) in [4.78, 5) is 28.3. The number of esters is 1. The van der Waals surface area contributed by atoms with Gasteiger partial charge in [0.1, 0.15) is 5.69 Å². The molecule has 1 heterocycles. The second-order valence-electron chi connectivity index (χ2n) is 6.30. The first-order valence-electron chi connectivity index (χ1n) is 8.80. The standard InChI is InChI=1S/C22H21N3O3/c1-15-6-8-16(9-7-15)14-24-18-10-11-23-20(13-18)21(26)25-19-5-3-4-17(12-19)22(27)28-2/h3-13H,14H2,1-2H3,(H,23,24)(H,25,26). The number of ether oxygens (including phenoxy) is 1. The summed E-state index contributed by atoms with van der Waals surface area (Å²) in [6.45, 7) is 2.69. The Bertz CT molecular complexity index is 984. The lowest BCUT2D eigenvalue weighted by molar-refractivity contribution is 0.0600. The first-order valence-corrected chi connectivity index (χ1v) is 8.80. The summed E-state index contributed by atoms with van der Waals surface area (Å²) in [6, 6.07) is 18.3. The van der Waals surface area contributed by atoms with Gasteiger partial charge in [-0.15, -0.1) is 0 Å². The van der Waals surface area contributed by atoms with E-state index >= 15 is 0 Å². The molecule has 6 heteroatoms. The predicted molar refractivity (Wildman–Crippen MR) is 108 cm³/mol. The quantitative estimate of drug-likeness (QED) is 0.636. The molecule has 0 spiro atoms. The van der Waals surface area contributed by atoms with Crippen LogP contribution in [-0.4, -0.2) is 24.0 Å². The molecule has 1 aromatic heterocycles. The van der Waals surface area contributed by atoms with Gasteiger partial charge in [0.15, 0.2) is 0 Å². The van der Waals surface area contributed by atoms with Crippen molar-refractivity contribution in [1.82, 2.24) is 4.98 Å². The molecule has 3 rings (SSSR count). The van der Waals surface area contributed by atoms with Crippen molar-refractivity contribution in [2.75, 3.05) is 17.7 Å². The number of carbonyl (C=O) groups is 2. The molecule has 0 aliphatic rings. The average Bonchev–Trinajstić information content (AvgIpc) is 2.73. The van der Waals surface area contributed by atoms with Crippen LogP contribution in [0, 0.1) is 6.92 Å². The Balaban J connectivity index is 1.66. The van der Waals surface area contributed by atoms with Crippen molar-refractivity contribution in [1.29, 1.82) is 0 Å². The summed E-state index contributed by atoms with van der Waals surface area (Å²) < 4.78 is 4.69. The monoisotopic (exact) mass is 375 g/mol. The van der Waals surface area contributed by atoms with Gasteiger partial charge in [0.05, 0.1) is 12.7 Å². The van der Waals surface area contributed by atoms with E-state index in [1.807, 2.05) is 13.0 Å². The molecule has 0 atom stereocenters. The minimum atomic E-state index is -0.462. The Morgan fingerprint density at radius 1 is 1.00 bits per heavy atom. The van der Waals surface area contributed by atoms with E-state index in [0.717, 1.165) is 11.3 Å². The highest BCUT2D eigenvalue weighted by Crippen LogP contribution is 2.15. The SMILES string of the molecule is COC(=O)c1cccc(NC(=O)c2cc(NCc3ccc(C)cc3)ccn2)c1. The molecule has 1 amide bonds. The van der Waals surface area contributed by atoms with Crippen molar-refractivity contribution >= 4 is 23.3 Å². The minimum Gasteiger partial charge on any atom is -0.465 e. The lowest BCUT2D eigenvalue weighted by Crippen LogP contribution is -2.14. The number of methoxy groups -OCH3 is 1. The van der Waals surface area contributed by atoms with E-state index in [9.17, 15) is 9.59 Å². The predicted octanol–water partition coefficient (Wildman–Crippen LogP) is 4.04. The van der Waals surface area contributed by atoms with Gasteiger partial charge in [0, 0.05) is 24.1 Å². The Kier molecular flexibility index (Phi) is 6.01. The van der Waals surface area contributed by atoms with E-state index in [-0.39, 0.29) is 11.6 Å². The number of carbonyl (C=O) groups excluding carboxylic acids is 2. The van der Waals surface area contributed by atoms with E-state index in [1.54, 1.807) is 36.5 Å². The molecular formula is C22H21N3O3. The smallest absolute Gasteiger partial charge is 0.337 e. The van der Waals surface area contributed by atoms with Crippen molar-refractivity contribution < 1.29 is 14.3 Å². The van der Waals surface area contributed by atoms with Gasteiger partial charge in [-0.1, -0.05) is 35.9 Å². The van der Waals surface area contributed by atoms with Crippen LogP contribution in [0.1, 0.15) is 32.0 Å². The van der Waals surface area contributed by atoms with E-state index < -0.39 is 5.97 Å². The fourth-order valence-electron chi connectivity index (χ4n) is 2.61. The summed E-state index contributed by atoms with van der Waals surface area (Å²) in [7, 11) is 1.31. The summed E-state index contributed by atoms with van der Waals surface area (Å²) >= 11 is 0. The number of pyridine rings is 1. The zero-order valence-electron chi connectivity index (χ0n) is 15.7. The molecule has 28 heavy (non-hydrogen) atoms. The molecule has 0 aliphatic carbocycles. The Labute approximate surface area is 163 Å². The highest BCUT2D eigenvalue weighted by Gasteiger charge is 2.11. The zero-order chi connectivity index (χ0) is 19.9. The first-order chi connectivity index (χ1) is 13.5. The molecule has 0 unspecified atom stereocenters. The van der Waals surface area contributed by atoms with Crippen molar-refractivity contribution in [3.05, 3.63) is 89.2 Å². The molecule has 0 saturated heterocycles. The first kappa shape index (κ1) is 19.1. The molecule has 6 nitrogen and oxygen atoms in total. The highest BCUT2D eigenvalue weighted by atomic mass is 16.5. The van der Waals surface area contributed by atoms with Crippen molar-refractivity contribution in [2.45, 2.75) is 13.5 Å². The number of hydrogen-bond acceptors (Lipinski definition) is 5. The molecule has 2 N–H and O–H groups in total. The average molecular weight is 375 g/mol. The number of aromatic nitrogens is 1. The van der Waals surface area contributed by atoms with Gasteiger partial charge in [-0.3, -0.25) is 9.78 Å². The summed E-state index contributed by atoms with van der Waals surface area (Å²) in [5.41, 5.74) is 4.28. The number of amides is 1. The van der Waals surface area contributed by atoms with Crippen LogP contribution in [0.15, 0.2) is 66.9 Å². The molecule has 142 valence electrons. The Hall–Kier alpha value is -3.67. The third-order valence-corrected chi connectivity index (χ3v) is 4.15. The van der Waals surface area contributed by atoms with Gasteiger partial charge in [0.2, 0.25) is 0 Å². The third-order valence-electron chi connectivity index (χ3n) is 4.15. The largest absolute Gasteiger partial charge is 0.465 e. The number of hydrogen-bond donors (Lipinski definition) is 2. The number of aryl methyl sites for hydroxylation is 1. The second kappa shape index (κ2) is 8.81. The van der Waals surface area contributed by atoms with Crippen LogP contribution in [0.3, 0.4) is 0 Å². The third kappa shape index (κ3) is 4.94. The minimum absolute atomic E-state index is 0.275. The number of nitrogens with one attached hydrogen (secondary N) is 2. The maximum Gasteiger partial charge on any atom is 0.337 e. The van der Waals surface area contributed by atoms with Crippen molar-refractivity contribution in [3.8, 4) is 0 Å². The molecular weight excluding hydrogens is 354 g/mol. The van der Waals surface area contributed by atoms with E-state index in [0.29, 0.717) is 17.8 Å². The normalized spacial score (nSPS) is 10.2. The molecule has 0 bridgehead atoms. The Morgan fingerprint density at radius 3 is 2.54 bits per heavy atom. The van der Waals surface area contributed by atoms with Crippen LogP contribution in [0.2, 0.25) is 0 Å². The van der Waals surface area contributed by atoms with Crippen LogP contribution in [0.4, 0.5) is 11.4 Å². The molecule has 0 aliphatic heterocycles. The van der Waals surface area contributed by atoms with E-state index in [2.05, 4.69) is 39.9 Å². The second-order valence-corrected chi connectivity index (χ2v) is 6.30. The van der Waals surface area contributed by atoms with Gasteiger partial charge < -0.3 is 15.4 Å². The van der Waals surface area contributed by atoms with Crippen LogP contribution in [-0.2, 0) is 11.3 Å². The van der Waals surface area contributed by atoms with Crippen LogP contribution < -0.4 is 10.6 Å². The summed E-state index contributed by atoms with van der Waals surface area (Å²) in [5, 5.41) is 6.04. The maximum atomic E-state index is 12.5. The number of benzene rings is 2. The van der Waals surface area contributed by atoms with E-state index in [1.165, 1.54) is 12.7 Å². The summed E-state index contributed by atoms with van der Waals surface area (Å²) in [5.74, 6) is -0.822. The number of rotatable bonds is 6. The molecule has 0 fully saturated rings. The lowest BCUT2D eigenvalue weighted by atomic mass is 10.1. The number of anilines is 2. The van der Waals surface area contributed by atoms with Gasteiger partial charge >= 0.3 is 5.97 Å². The summed E-state index contributed by atoms with van der Waals surface area (Å²) in [6.07, 6.45) is 1.58. The molecule has 2 aromatic carbocycles. The molecule has 3 aromatic rings. The van der Waals surface area contributed by atoms with Crippen molar-refractivity contribution in [2.24, 2.45) is 0 Å². The Morgan fingerprint density at radius 2 is 1.79 bits per heavy atom. The van der Waals surface area contributed by atoms with Crippen LogP contribution in [0.5, 0.6) is 0 Å². The fraction of sp³-hybridized carbons (Fsp3) is 0.136. The molecule has 0 saturated carbocycles. The van der Waals surface area contributed by atoms with Gasteiger partial charge in [0.25, 0.3) is 5.91 Å².